The largest absolute Gasteiger partial charge is 0.456 e. The molecule has 28 aromatic rings. The van der Waals surface area contributed by atoms with Crippen molar-refractivity contribution in [1.82, 2.24) is 57.5 Å². The van der Waals surface area contributed by atoms with E-state index in [1.54, 1.807) is 6.20 Å². The number of aromatic nitrogens is 18. The van der Waals surface area contributed by atoms with Crippen molar-refractivity contribution < 1.29 is 46.8 Å². The molecule has 0 N–H and O–H groups in total. The maximum Gasteiger partial charge on any atom is 0.397 e. The highest BCUT2D eigenvalue weighted by Crippen LogP contribution is 2.61. The summed E-state index contributed by atoms with van der Waals surface area (Å²) in [5, 5.41) is 17.9. The van der Waals surface area contributed by atoms with Gasteiger partial charge in [-0.25, -0.2) is 24.6 Å². The lowest BCUT2D eigenvalue weighted by Gasteiger charge is -2.32. The normalized spacial score (nSPS) is 16.4. The number of carbonyl (C=O) groups is 1. The van der Waals surface area contributed by atoms with Crippen molar-refractivity contribution in [2.75, 3.05) is 0 Å². The van der Waals surface area contributed by atoms with Crippen LogP contribution in [-0.4, -0.2) is 63.2 Å². The Morgan fingerprint density at radius 2 is 0.687 bits per heavy atom. The average molecular weight is 1890 g/mol. The van der Waals surface area contributed by atoms with Crippen molar-refractivity contribution in [2.24, 2.45) is 0 Å². The van der Waals surface area contributed by atoms with Gasteiger partial charge in [0.25, 0.3) is 17.5 Å². The van der Waals surface area contributed by atoms with Crippen LogP contribution in [0, 0.1) is 0 Å². The molecule has 678 valence electrons. The number of benzene rings is 16. The van der Waals surface area contributed by atoms with Crippen LogP contribution in [0.1, 0.15) is 49.3 Å². The van der Waals surface area contributed by atoms with E-state index in [0.29, 0.717) is 17.0 Å². The highest BCUT2D eigenvalue weighted by atomic mass is 16.5. The molecule has 3 spiro atoms. The number of para-hydroxylation sites is 5. The number of carbonyl (C=O) groups excluding carboxylic acids is 1. The predicted octanol–water partition coefficient (Wildman–Crippen LogP) is 22.3. The van der Waals surface area contributed by atoms with Crippen LogP contribution in [0.2, 0.25) is 0 Å². The molecule has 9 aliphatic heterocycles. The number of nitrogens with zero attached hydrogens (tertiary/aromatic N) is 18. The summed E-state index contributed by atoms with van der Waals surface area (Å²) in [5.41, 5.74) is 28.2. The molecule has 22 heteroatoms. The predicted molar refractivity (Wildman–Crippen MR) is 557 cm³/mol. The molecule has 3 atom stereocenters. The molecule has 0 amide bonds. The second kappa shape index (κ2) is 26.7. The van der Waals surface area contributed by atoms with E-state index in [2.05, 4.69) is 409 Å². The molecule has 0 bridgehead atoms. The van der Waals surface area contributed by atoms with Crippen LogP contribution >= 0.6 is 0 Å². The lowest BCUT2D eigenvalue weighted by atomic mass is 9.84. The molecule has 3 unspecified atom stereocenters. The fourth-order valence-corrected chi connectivity index (χ4v) is 27.2. The van der Waals surface area contributed by atoms with Gasteiger partial charge in [0.05, 0.1) is 65.0 Å². The fraction of sp³-hybridized carbons (Fsp3) is 0.0240. The zero-order valence-corrected chi connectivity index (χ0v) is 77.6. The number of fused-ring (bicyclic) bond motifs is 27. The highest BCUT2D eigenvalue weighted by molar-refractivity contribution is 6.25. The second-order valence-electron chi connectivity index (χ2n) is 39.5. The molecule has 0 saturated carbocycles. The van der Waals surface area contributed by atoms with Gasteiger partial charge in [0.1, 0.15) is 102 Å². The second-order valence-corrected chi connectivity index (χ2v) is 39.5. The van der Waals surface area contributed by atoms with Crippen LogP contribution < -0.4 is 42.0 Å². The minimum Gasteiger partial charge on any atom is -0.456 e. The van der Waals surface area contributed by atoms with E-state index in [9.17, 15) is 4.79 Å². The van der Waals surface area contributed by atoms with Crippen LogP contribution in [0.5, 0.6) is 34.5 Å². The maximum atomic E-state index is 13.5. The number of rotatable bonds is 4. The number of pyridine rings is 3. The minimum atomic E-state index is -0.796. The highest BCUT2D eigenvalue weighted by Gasteiger charge is 2.73. The SMILES string of the molecule is O=C1c2ccccc2-c2nc(-c3cn4[n+](c3)C35c6c(cccc6-4)Oc4ccc6c7ccccc7n(c6c43)-c3cccc[n+]35)nc3cccc1c23.c1cc2c3c(c1)-n1cc(-c4ccc(-c5cccc6ccccc56)c5ccccc45)c[n+]1C31c3c(ccc4c5ccccc5n(c34)-c3cccc[n+]31)O2.c1cc2c3c(c1)-n1cc(-n4ncc5nc6ccccc6nc54)c[n+]1C31c3c(ccc4c5ccccc5n(c34)-c3cccc[n+]31)O2. The Morgan fingerprint density at radius 3 is 1.25 bits per heavy atom. The van der Waals surface area contributed by atoms with Crippen molar-refractivity contribution in [2.45, 2.75) is 17.0 Å². The third-order valence-electron chi connectivity index (χ3n) is 32.7. The van der Waals surface area contributed by atoms with Crippen molar-refractivity contribution in [3.8, 4) is 120 Å². The first-order valence-electron chi connectivity index (χ1n) is 49.5. The van der Waals surface area contributed by atoms with Crippen LogP contribution in [0.25, 0.3) is 205 Å². The Labute approximate surface area is 831 Å². The molecule has 0 fully saturated rings. The molecule has 12 aromatic heterocycles. The summed E-state index contributed by atoms with van der Waals surface area (Å²) in [6.07, 6.45) is 21.7. The summed E-state index contributed by atoms with van der Waals surface area (Å²) in [4.78, 5) is 33.7. The number of ether oxygens (including phenoxy) is 3. The Hall–Kier alpha value is -20.3. The first-order chi connectivity index (χ1) is 72.8. The van der Waals surface area contributed by atoms with Crippen LogP contribution in [0.3, 0.4) is 0 Å². The molecule has 10 aliphatic rings. The molecule has 0 radical (unpaired) electrons. The Kier molecular flexibility index (Phi) is 13.9. The van der Waals surface area contributed by atoms with E-state index >= 15 is 0 Å². The first-order valence-corrected chi connectivity index (χ1v) is 49.5. The topological polar surface area (TPSA) is 167 Å². The van der Waals surface area contributed by atoms with E-state index < -0.39 is 17.0 Å². The third kappa shape index (κ3) is 9.07. The van der Waals surface area contributed by atoms with Gasteiger partial charge in [-0.05, 0) is 184 Å². The van der Waals surface area contributed by atoms with E-state index in [-0.39, 0.29) is 5.78 Å². The van der Waals surface area contributed by atoms with Crippen LogP contribution in [0.15, 0.2) is 426 Å². The van der Waals surface area contributed by atoms with Gasteiger partial charge in [-0.15, -0.1) is 14.0 Å². The lowest BCUT2D eigenvalue weighted by Crippen LogP contribution is -2.76. The summed E-state index contributed by atoms with van der Waals surface area (Å²) < 4.78 is 50.7. The van der Waals surface area contributed by atoms with Gasteiger partial charge < -0.3 is 14.2 Å². The Morgan fingerprint density at radius 1 is 0.279 bits per heavy atom. The molecule has 1 aliphatic carbocycles. The first kappa shape index (κ1) is 76.6. The van der Waals surface area contributed by atoms with E-state index in [1.165, 1.54) is 87.1 Å². The zero-order chi connectivity index (χ0) is 95.2. The molecular formula is C125H70N18O4+6. The average Bonchev–Trinajstić information content (AvgIpc) is 1.49. The lowest BCUT2D eigenvalue weighted by molar-refractivity contribution is -0.993. The summed E-state index contributed by atoms with van der Waals surface area (Å²) in [6.45, 7) is 0. The summed E-state index contributed by atoms with van der Waals surface area (Å²) in [7, 11) is 0. The summed E-state index contributed by atoms with van der Waals surface area (Å²) >= 11 is 0. The van der Waals surface area contributed by atoms with Gasteiger partial charge in [-0.1, -0.05) is 214 Å². The van der Waals surface area contributed by atoms with Gasteiger partial charge >= 0.3 is 17.0 Å². The molecule has 0 saturated heterocycles. The van der Waals surface area contributed by atoms with E-state index in [0.717, 1.165) is 180 Å². The van der Waals surface area contributed by atoms with Crippen LogP contribution in [0.4, 0.5) is 0 Å². The fourth-order valence-electron chi connectivity index (χ4n) is 27.2. The molecule has 21 heterocycles. The smallest absolute Gasteiger partial charge is 0.397 e. The minimum absolute atomic E-state index is 0.00913. The maximum absolute atomic E-state index is 13.5. The van der Waals surface area contributed by atoms with E-state index in [1.807, 2.05) is 71.4 Å². The van der Waals surface area contributed by atoms with Gasteiger partial charge in [-0.2, -0.15) is 32.5 Å². The van der Waals surface area contributed by atoms with Gasteiger partial charge in [0, 0.05) is 72.6 Å². The number of hydrogen-bond acceptors (Lipinski definition) is 9. The van der Waals surface area contributed by atoms with Crippen LogP contribution in [-0.2, 0) is 17.0 Å². The van der Waals surface area contributed by atoms with Crippen molar-refractivity contribution in [1.29, 1.82) is 0 Å². The van der Waals surface area contributed by atoms with Crippen molar-refractivity contribution in [3.05, 3.63) is 470 Å². The van der Waals surface area contributed by atoms with Crippen molar-refractivity contribution in [3.63, 3.8) is 0 Å². The van der Waals surface area contributed by atoms with Crippen molar-refractivity contribution >= 4 is 126 Å². The molecule has 147 heavy (non-hydrogen) atoms. The summed E-state index contributed by atoms with van der Waals surface area (Å²) in [6, 6.07) is 128. The zero-order valence-electron chi connectivity index (χ0n) is 77.6. The standard InChI is InChI=1S/C47H28N4O.C42H22N6O2.C36H20N8O/c1-2-13-31-29(11-1)12-9-17-34(31)36-23-22-32(33-14-3-4-15-35(33)36)30-27-49-40-19-10-20-41-44(40)47(50(49)28-30)45-42(52-41)25-24-38-37-16-5-6-18-39(37)51(46(38)45)43-21-7-8-26-48(43)47;49-40-27-11-2-1-10-25(27)38-35-28(40)12-7-13-29(35)43-41(44-38)23-21-46-31-15-8-16-32-36(31)42(47(46)22-23)37-33(50-32)19-18-26-24-9-3-4-14-30(24)48(39(26)37)34-17-5-6-20-45(34)42;1-4-11-27-22(8-1)23-15-16-30-33-34(23)43(27)31-14-5-6-17-40(31)36(33)32-28(12-7-13-29(32)45-30)41-19-21(20-42(36)41)44-35-26(18-37-44)38-24-9-2-3-10-25(24)39-35/h1-28H;1-22H;1-20H/q3*+2. The van der Waals surface area contributed by atoms with E-state index in [4.69, 9.17) is 39.2 Å². The van der Waals surface area contributed by atoms with Gasteiger partial charge in [0.2, 0.25) is 18.6 Å². The molecular weight excluding hydrogens is 1820 g/mol. The Bertz CT molecular complexity index is 11100. The monoisotopic (exact) mass is 1890 g/mol. The summed E-state index contributed by atoms with van der Waals surface area (Å²) in [5.74, 6) is 9.02. The number of ketones is 1. The van der Waals surface area contributed by atoms with Gasteiger partial charge in [-0.3, -0.25) is 4.79 Å². The molecule has 38 rings (SSSR count). The van der Waals surface area contributed by atoms with Gasteiger partial charge in [0.15, 0.2) is 56.2 Å². The third-order valence-corrected chi connectivity index (χ3v) is 32.7. The quantitative estimate of drug-likeness (QED) is 0.156. The molecule has 16 aromatic carbocycles. The Balaban J connectivity index is 0.0000000916. The molecule has 22 nitrogen and oxygen atoms in total. The number of hydrogen-bond donors (Lipinski definition) is 0.